The third kappa shape index (κ3) is 2.22. The van der Waals surface area contributed by atoms with Gasteiger partial charge in [-0.3, -0.25) is 4.68 Å². The van der Waals surface area contributed by atoms with Gasteiger partial charge >= 0.3 is 6.03 Å². The van der Waals surface area contributed by atoms with Gasteiger partial charge < -0.3 is 10.6 Å². The van der Waals surface area contributed by atoms with E-state index in [1.165, 1.54) is 38.5 Å². The molecule has 0 saturated heterocycles. The first-order chi connectivity index (χ1) is 10.4. The lowest BCUT2D eigenvalue weighted by Crippen LogP contribution is -2.60. The molecule has 5 nitrogen and oxygen atoms in total. The molecule has 1 aromatic heterocycles. The molecule has 2 amide bonds. The average molecular weight is 302 g/mol. The zero-order valence-corrected chi connectivity index (χ0v) is 13.8. The molecule has 4 fully saturated rings. The van der Waals surface area contributed by atoms with Crippen molar-refractivity contribution in [3.05, 3.63) is 11.4 Å². The van der Waals surface area contributed by atoms with Crippen LogP contribution in [0, 0.1) is 31.6 Å². The summed E-state index contributed by atoms with van der Waals surface area (Å²) in [5.74, 6) is 2.52. The summed E-state index contributed by atoms with van der Waals surface area (Å²) >= 11 is 0. The van der Waals surface area contributed by atoms with Crippen molar-refractivity contribution in [1.29, 1.82) is 0 Å². The molecule has 0 atom stereocenters. The monoisotopic (exact) mass is 302 g/mol. The van der Waals surface area contributed by atoms with Gasteiger partial charge in [-0.15, -0.1) is 0 Å². The average Bonchev–Trinajstić information content (AvgIpc) is 2.63. The van der Waals surface area contributed by atoms with Crippen LogP contribution >= 0.6 is 0 Å². The summed E-state index contributed by atoms with van der Waals surface area (Å²) in [7, 11) is 1.91. The zero-order valence-electron chi connectivity index (χ0n) is 13.8. The van der Waals surface area contributed by atoms with Crippen LogP contribution in [-0.2, 0) is 7.05 Å². The summed E-state index contributed by atoms with van der Waals surface area (Å²) in [4.78, 5) is 12.6. The fourth-order valence-corrected chi connectivity index (χ4v) is 5.60. The number of carbonyl (C=O) groups excluding carboxylic acids is 1. The Balaban J connectivity index is 1.48. The van der Waals surface area contributed by atoms with Gasteiger partial charge in [-0.2, -0.15) is 5.10 Å². The number of hydrogen-bond donors (Lipinski definition) is 2. The molecule has 5 rings (SSSR count). The van der Waals surface area contributed by atoms with Crippen LogP contribution in [0.2, 0.25) is 0 Å². The zero-order chi connectivity index (χ0) is 15.5. The predicted molar refractivity (Wildman–Crippen MR) is 85.7 cm³/mol. The number of urea groups is 1. The number of hydrogen-bond acceptors (Lipinski definition) is 2. The third-order valence-corrected chi connectivity index (χ3v) is 6.16. The van der Waals surface area contributed by atoms with Crippen molar-refractivity contribution in [1.82, 2.24) is 15.1 Å². The van der Waals surface area contributed by atoms with E-state index in [0.29, 0.717) is 0 Å². The van der Waals surface area contributed by atoms with Gasteiger partial charge in [-0.05, 0) is 70.1 Å². The van der Waals surface area contributed by atoms with Crippen molar-refractivity contribution in [2.45, 2.75) is 57.9 Å². The lowest BCUT2D eigenvalue weighted by molar-refractivity contribution is -0.0127. The summed E-state index contributed by atoms with van der Waals surface area (Å²) in [6.45, 7) is 3.92. The second kappa shape index (κ2) is 4.74. The van der Waals surface area contributed by atoms with E-state index in [-0.39, 0.29) is 11.6 Å². The Labute approximate surface area is 131 Å². The molecular formula is C17H26N4O. The Morgan fingerprint density at radius 3 is 2.14 bits per heavy atom. The van der Waals surface area contributed by atoms with Crippen LogP contribution in [0.5, 0.6) is 0 Å². The van der Waals surface area contributed by atoms with Crippen LogP contribution in [0.1, 0.15) is 49.9 Å². The first-order valence-corrected chi connectivity index (χ1v) is 8.53. The second-order valence-electron chi connectivity index (χ2n) is 7.95. The summed E-state index contributed by atoms with van der Waals surface area (Å²) in [6, 6.07) is -0.0545. The van der Waals surface area contributed by atoms with Gasteiger partial charge in [0.1, 0.15) is 0 Å². The van der Waals surface area contributed by atoms with Crippen molar-refractivity contribution in [3.8, 4) is 0 Å². The predicted octanol–water partition coefficient (Wildman–Crippen LogP) is 3.13. The van der Waals surface area contributed by atoms with E-state index in [1.54, 1.807) is 0 Å². The van der Waals surface area contributed by atoms with Crippen molar-refractivity contribution in [3.63, 3.8) is 0 Å². The van der Waals surface area contributed by atoms with Crippen LogP contribution in [0.25, 0.3) is 0 Å². The van der Waals surface area contributed by atoms with Gasteiger partial charge in [0.05, 0.1) is 17.1 Å². The van der Waals surface area contributed by atoms with E-state index < -0.39 is 0 Å². The number of nitrogens with zero attached hydrogens (tertiary/aromatic N) is 2. The van der Waals surface area contributed by atoms with E-state index in [1.807, 2.05) is 25.6 Å². The molecule has 0 radical (unpaired) electrons. The van der Waals surface area contributed by atoms with Crippen LogP contribution in [0.4, 0.5) is 10.5 Å². The van der Waals surface area contributed by atoms with Gasteiger partial charge in [0.15, 0.2) is 0 Å². The quantitative estimate of drug-likeness (QED) is 0.882. The second-order valence-corrected chi connectivity index (χ2v) is 7.95. The van der Waals surface area contributed by atoms with Crippen molar-refractivity contribution >= 4 is 11.7 Å². The Bertz CT molecular complexity index is 583. The number of amides is 2. The molecule has 0 aromatic carbocycles. The van der Waals surface area contributed by atoms with Crippen molar-refractivity contribution in [2.24, 2.45) is 24.8 Å². The fourth-order valence-electron chi connectivity index (χ4n) is 5.60. The molecule has 5 heteroatoms. The highest BCUT2D eigenvalue weighted by molar-refractivity contribution is 5.91. The fraction of sp³-hybridized carbons (Fsp3) is 0.765. The lowest BCUT2D eigenvalue weighted by Gasteiger charge is -2.56. The summed E-state index contributed by atoms with van der Waals surface area (Å²) in [5, 5.41) is 10.8. The number of anilines is 1. The van der Waals surface area contributed by atoms with Crippen LogP contribution in [0.15, 0.2) is 0 Å². The smallest absolute Gasteiger partial charge is 0.319 e. The van der Waals surface area contributed by atoms with E-state index >= 15 is 0 Å². The van der Waals surface area contributed by atoms with Gasteiger partial charge in [0, 0.05) is 12.6 Å². The minimum atomic E-state index is -0.0545. The Kier molecular flexibility index (Phi) is 3.03. The van der Waals surface area contributed by atoms with Crippen molar-refractivity contribution < 1.29 is 4.79 Å². The molecule has 4 saturated carbocycles. The van der Waals surface area contributed by atoms with Gasteiger partial charge in [0.25, 0.3) is 0 Å². The Morgan fingerprint density at radius 1 is 1.14 bits per heavy atom. The molecule has 1 aromatic rings. The van der Waals surface area contributed by atoms with E-state index in [4.69, 9.17) is 0 Å². The summed E-state index contributed by atoms with van der Waals surface area (Å²) in [6.07, 6.45) is 7.71. The Hall–Kier alpha value is -1.52. The first-order valence-electron chi connectivity index (χ1n) is 8.53. The minimum absolute atomic E-state index is 0.0545. The molecule has 4 aliphatic carbocycles. The molecule has 1 heterocycles. The Morgan fingerprint density at radius 2 is 1.68 bits per heavy atom. The van der Waals surface area contributed by atoms with E-state index in [2.05, 4.69) is 15.7 Å². The molecule has 22 heavy (non-hydrogen) atoms. The molecule has 4 aliphatic rings. The molecule has 0 spiro atoms. The standard InChI is InChI=1S/C17H26N4O/c1-10-15(11(2)21(3)20-10)18-16(22)19-17-7-12-4-13(8-17)6-14(5-12)9-17/h12-14H,4-9H2,1-3H3,(H2,18,19,22). The molecule has 120 valence electrons. The minimum Gasteiger partial charge on any atom is -0.332 e. The van der Waals surface area contributed by atoms with Crippen LogP contribution in [-0.4, -0.2) is 21.4 Å². The van der Waals surface area contributed by atoms with Gasteiger partial charge in [0.2, 0.25) is 0 Å². The topological polar surface area (TPSA) is 59.0 Å². The van der Waals surface area contributed by atoms with Crippen LogP contribution < -0.4 is 10.6 Å². The van der Waals surface area contributed by atoms with Crippen LogP contribution in [0.3, 0.4) is 0 Å². The maximum absolute atomic E-state index is 12.6. The summed E-state index contributed by atoms with van der Waals surface area (Å²) in [5.41, 5.74) is 2.78. The lowest BCUT2D eigenvalue weighted by atomic mass is 9.53. The largest absolute Gasteiger partial charge is 0.332 e. The molecule has 2 N–H and O–H groups in total. The normalized spacial score (nSPS) is 35.7. The van der Waals surface area contributed by atoms with Gasteiger partial charge in [-0.25, -0.2) is 4.79 Å². The molecule has 4 bridgehead atoms. The highest BCUT2D eigenvalue weighted by Crippen LogP contribution is 2.55. The maximum atomic E-state index is 12.6. The third-order valence-electron chi connectivity index (χ3n) is 6.16. The molecule has 0 unspecified atom stereocenters. The van der Waals surface area contributed by atoms with E-state index in [0.717, 1.165) is 34.8 Å². The highest BCUT2D eigenvalue weighted by Gasteiger charge is 2.51. The SMILES string of the molecule is Cc1nn(C)c(C)c1NC(=O)NC12CC3CC(CC(C3)C1)C2. The highest BCUT2D eigenvalue weighted by atomic mass is 16.2. The number of carbonyl (C=O) groups is 1. The number of aromatic nitrogens is 2. The van der Waals surface area contributed by atoms with Gasteiger partial charge in [-0.1, -0.05) is 0 Å². The molecular weight excluding hydrogens is 276 g/mol. The summed E-state index contributed by atoms with van der Waals surface area (Å²) < 4.78 is 1.82. The first kappa shape index (κ1) is 14.1. The number of rotatable bonds is 2. The van der Waals surface area contributed by atoms with Crippen molar-refractivity contribution in [2.75, 3.05) is 5.32 Å². The maximum Gasteiger partial charge on any atom is 0.319 e. The van der Waals surface area contributed by atoms with E-state index in [9.17, 15) is 4.79 Å². The molecule has 0 aliphatic heterocycles. The number of aryl methyl sites for hydroxylation is 2. The number of nitrogens with one attached hydrogen (secondary N) is 2.